The molecule has 5 heteroatoms. The van der Waals surface area contributed by atoms with Crippen LogP contribution in [0.3, 0.4) is 0 Å². The number of hydrogen-bond donors (Lipinski definition) is 1. The highest BCUT2D eigenvalue weighted by Crippen LogP contribution is 2.59. The van der Waals surface area contributed by atoms with Crippen molar-refractivity contribution in [1.29, 1.82) is 0 Å². The normalized spacial score (nSPS) is 30.0. The molecule has 134 valence electrons. The lowest BCUT2D eigenvalue weighted by molar-refractivity contribution is 0.142. The SMILES string of the molecule is C[C@H]1C(C2SCCS2)=C[C@]2(C)Oc3c(-c4ccccc4)c[nH]c(=O)c3[C@H]12. The maximum Gasteiger partial charge on any atom is 0.255 e. The van der Waals surface area contributed by atoms with Gasteiger partial charge in [0.1, 0.15) is 11.4 Å². The number of aromatic nitrogens is 1. The van der Waals surface area contributed by atoms with E-state index >= 15 is 0 Å². The van der Waals surface area contributed by atoms with Gasteiger partial charge in [-0.3, -0.25) is 4.79 Å². The number of pyridine rings is 1. The van der Waals surface area contributed by atoms with Gasteiger partial charge >= 0.3 is 0 Å². The highest BCUT2D eigenvalue weighted by atomic mass is 32.2. The first-order valence-electron chi connectivity index (χ1n) is 9.04. The Kier molecular flexibility index (Phi) is 3.80. The van der Waals surface area contributed by atoms with Crippen molar-refractivity contribution in [3.05, 3.63) is 64.1 Å². The van der Waals surface area contributed by atoms with Gasteiger partial charge in [0.2, 0.25) is 0 Å². The first-order valence-corrected chi connectivity index (χ1v) is 11.1. The molecule has 3 atom stereocenters. The molecular formula is C21H21NO2S2. The Labute approximate surface area is 161 Å². The highest BCUT2D eigenvalue weighted by Gasteiger charge is 2.54. The molecule has 1 N–H and O–H groups in total. The number of fused-ring (bicyclic) bond motifs is 3. The van der Waals surface area contributed by atoms with Gasteiger partial charge < -0.3 is 9.72 Å². The largest absolute Gasteiger partial charge is 0.482 e. The molecule has 2 aliphatic heterocycles. The topological polar surface area (TPSA) is 42.1 Å². The fourth-order valence-corrected chi connectivity index (χ4v) is 7.79. The number of aromatic amines is 1. The molecule has 3 aliphatic rings. The summed E-state index contributed by atoms with van der Waals surface area (Å²) in [4.78, 5) is 15.7. The number of thioether (sulfide) groups is 2. The van der Waals surface area contributed by atoms with Gasteiger partial charge in [0, 0.05) is 29.2 Å². The maximum atomic E-state index is 12.8. The Morgan fingerprint density at radius 1 is 1.19 bits per heavy atom. The minimum Gasteiger partial charge on any atom is -0.482 e. The second kappa shape index (κ2) is 5.96. The van der Waals surface area contributed by atoms with Crippen LogP contribution < -0.4 is 10.3 Å². The van der Waals surface area contributed by atoms with Crippen molar-refractivity contribution in [3.63, 3.8) is 0 Å². The average Bonchev–Trinajstić information content (AvgIpc) is 3.31. The van der Waals surface area contributed by atoms with Gasteiger partial charge in [-0.25, -0.2) is 0 Å². The van der Waals surface area contributed by atoms with Crippen LogP contribution in [0.5, 0.6) is 5.75 Å². The Morgan fingerprint density at radius 2 is 1.92 bits per heavy atom. The zero-order valence-corrected chi connectivity index (χ0v) is 16.5. The monoisotopic (exact) mass is 383 g/mol. The van der Waals surface area contributed by atoms with Crippen LogP contribution in [0.25, 0.3) is 11.1 Å². The van der Waals surface area contributed by atoms with E-state index in [2.05, 4.69) is 37.0 Å². The molecule has 0 bridgehead atoms. The van der Waals surface area contributed by atoms with Crippen LogP contribution in [-0.2, 0) is 0 Å². The van der Waals surface area contributed by atoms with E-state index in [1.807, 2.05) is 41.7 Å². The molecule has 0 unspecified atom stereocenters. The number of H-pyrrole nitrogens is 1. The molecule has 0 spiro atoms. The van der Waals surface area contributed by atoms with Gasteiger partial charge in [0.05, 0.1) is 10.1 Å². The van der Waals surface area contributed by atoms with Crippen molar-refractivity contribution in [2.75, 3.05) is 11.5 Å². The second-order valence-electron chi connectivity index (χ2n) is 7.41. The molecule has 1 fully saturated rings. The average molecular weight is 384 g/mol. The van der Waals surface area contributed by atoms with E-state index in [0.717, 1.165) is 22.4 Å². The maximum absolute atomic E-state index is 12.8. The van der Waals surface area contributed by atoms with Gasteiger partial charge in [-0.05, 0) is 30.1 Å². The number of hydrogen-bond acceptors (Lipinski definition) is 4. The van der Waals surface area contributed by atoms with Crippen molar-refractivity contribution in [2.24, 2.45) is 5.92 Å². The first kappa shape index (κ1) is 16.6. The molecule has 0 saturated carbocycles. The van der Waals surface area contributed by atoms with E-state index in [1.54, 1.807) is 6.20 Å². The molecule has 1 aromatic carbocycles. The fourth-order valence-electron chi connectivity index (χ4n) is 4.68. The molecule has 1 aromatic heterocycles. The first-order chi connectivity index (χ1) is 12.6. The summed E-state index contributed by atoms with van der Waals surface area (Å²) in [5, 5.41) is 0. The summed E-state index contributed by atoms with van der Waals surface area (Å²) in [6, 6.07) is 10.1. The third kappa shape index (κ3) is 2.33. The molecule has 0 radical (unpaired) electrons. The van der Waals surface area contributed by atoms with Crippen LogP contribution in [0.4, 0.5) is 0 Å². The Balaban J connectivity index is 1.63. The predicted molar refractivity (Wildman–Crippen MR) is 110 cm³/mol. The van der Waals surface area contributed by atoms with Crippen molar-refractivity contribution < 1.29 is 4.74 Å². The number of ether oxygens (including phenoxy) is 1. The standard InChI is InChI=1S/C21H21NO2S2/c1-12-14(20-25-8-9-26-20)10-21(2)17(12)16-18(24-21)15(11-22-19(16)23)13-6-4-3-5-7-13/h3-7,10-12,17,20H,8-9H2,1-2H3,(H,22,23)/t12-,17-,21-/m0/s1. The molecule has 1 aliphatic carbocycles. The lowest BCUT2D eigenvalue weighted by atomic mass is 9.81. The lowest BCUT2D eigenvalue weighted by Gasteiger charge is -2.24. The van der Waals surface area contributed by atoms with Crippen molar-refractivity contribution in [2.45, 2.75) is 29.9 Å². The van der Waals surface area contributed by atoms with Gasteiger partial charge in [-0.15, -0.1) is 23.5 Å². The zero-order chi connectivity index (χ0) is 17.9. The van der Waals surface area contributed by atoms with Gasteiger partial charge in [-0.1, -0.05) is 37.3 Å². The summed E-state index contributed by atoms with van der Waals surface area (Å²) >= 11 is 4.04. The van der Waals surface area contributed by atoms with Crippen LogP contribution in [0.1, 0.15) is 25.3 Å². The number of benzene rings is 1. The van der Waals surface area contributed by atoms with Crippen LogP contribution in [0, 0.1) is 5.92 Å². The van der Waals surface area contributed by atoms with Crippen LogP contribution >= 0.6 is 23.5 Å². The zero-order valence-electron chi connectivity index (χ0n) is 14.8. The van der Waals surface area contributed by atoms with E-state index in [1.165, 1.54) is 17.1 Å². The highest BCUT2D eigenvalue weighted by molar-refractivity contribution is 8.20. The molecule has 0 amide bonds. The molecule has 26 heavy (non-hydrogen) atoms. The van der Waals surface area contributed by atoms with E-state index < -0.39 is 5.60 Å². The van der Waals surface area contributed by atoms with Crippen molar-refractivity contribution in [1.82, 2.24) is 4.98 Å². The molecule has 3 heterocycles. The van der Waals surface area contributed by atoms with E-state index in [4.69, 9.17) is 4.74 Å². The van der Waals surface area contributed by atoms with Gasteiger partial charge in [0.15, 0.2) is 0 Å². The third-order valence-corrected chi connectivity index (χ3v) is 8.89. The molecular weight excluding hydrogens is 362 g/mol. The van der Waals surface area contributed by atoms with Crippen molar-refractivity contribution >= 4 is 23.5 Å². The van der Waals surface area contributed by atoms with Crippen LogP contribution in [-0.4, -0.2) is 26.7 Å². The quantitative estimate of drug-likeness (QED) is 0.766. The minimum absolute atomic E-state index is 0.0124. The number of rotatable bonds is 2. The summed E-state index contributed by atoms with van der Waals surface area (Å²) in [5.41, 5.74) is 3.87. The Bertz CT molecular complexity index is 946. The summed E-state index contributed by atoms with van der Waals surface area (Å²) in [6.07, 6.45) is 4.10. The smallest absolute Gasteiger partial charge is 0.255 e. The summed E-state index contributed by atoms with van der Waals surface area (Å²) < 4.78 is 7.04. The third-order valence-electron chi connectivity index (χ3n) is 5.79. The molecule has 3 nitrogen and oxygen atoms in total. The summed E-state index contributed by atoms with van der Waals surface area (Å²) in [5.74, 6) is 3.58. The Hall–Kier alpha value is -1.59. The summed E-state index contributed by atoms with van der Waals surface area (Å²) in [6.45, 7) is 4.40. The van der Waals surface area contributed by atoms with Crippen LogP contribution in [0.15, 0.2) is 53.0 Å². The lowest BCUT2D eigenvalue weighted by Crippen LogP contribution is -2.32. The predicted octanol–water partition coefficient (Wildman–Crippen LogP) is 4.66. The van der Waals surface area contributed by atoms with E-state index in [9.17, 15) is 4.79 Å². The minimum atomic E-state index is -0.432. The number of nitrogens with one attached hydrogen (secondary N) is 1. The molecule has 5 rings (SSSR count). The molecule has 1 saturated heterocycles. The van der Waals surface area contributed by atoms with E-state index in [0.29, 0.717) is 10.5 Å². The van der Waals surface area contributed by atoms with Crippen LogP contribution in [0.2, 0.25) is 0 Å². The Morgan fingerprint density at radius 3 is 2.65 bits per heavy atom. The van der Waals surface area contributed by atoms with E-state index in [-0.39, 0.29) is 11.5 Å². The summed E-state index contributed by atoms with van der Waals surface area (Å²) in [7, 11) is 0. The molecule has 2 aromatic rings. The fraction of sp³-hybridized carbons (Fsp3) is 0.381. The van der Waals surface area contributed by atoms with Gasteiger partial charge in [-0.2, -0.15) is 0 Å². The van der Waals surface area contributed by atoms with Gasteiger partial charge in [0.25, 0.3) is 5.56 Å². The van der Waals surface area contributed by atoms with Crippen molar-refractivity contribution in [3.8, 4) is 16.9 Å². The second-order valence-corrected chi connectivity index (χ2v) is 10.1.